The van der Waals surface area contributed by atoms with Gasteiger partial charge in [-0.15, -0.1) is 0 Å². The molecule has 0 amide bonds. The molecule has 0 aliphatic heterocycles. The summed E-state index contributed by atoms with van der Waals surface area (Å²) in [5, 5.41) is 17.3. The molecular formula is C26H26BIO2. The van der Waals surface area contributed by atoms with Gasteiger partial charge in [0.25, 0.3) is 0 Å². The van der Waals surface area contributed by atoms with Crippen molar-refractivity contribution < 1.29 is 10.0 Å². The molecule has 4 aromatic carbocycles. The topological polar surface area (TPSA) is 40.5 Å². The summed E-state index contributed by atoms with van der Waals surface area (Å²) in [5.41, 5.74) is 5.52. The van der Waals surface area contributed by atoms with Crippen molar-refractivity contribution in [3.63, 3.8) is 0 Å². The Kier molecular flexibility index (Phi) is 10.4. The first-order valence-corrected chi connectivity index (χ1v) is 10.8. The normalized spacial score (nSPS) is 9.50. The molecule has 0 unspecified atom stereocenters. The molecule has 0 fully saturated rings. The van der Waals surface area contributed by atoms with Crippen LogP contribution >= 0.6 is 22.6 Å². The number of rotatable bonds is 2. The molecule has 0 radical (unpaired) electrons. The molecule has 0 heterocycles. The third-order valence-electron chi connectivity index (χ3n) is 4.27. The molecule has 0 atom stereocenters. The highest BCUT2D eigenvalue weighted by Crippen LogP contribution is 2.18. The number of aryl methyl sites for hydroxylation is 2. The summed E-state index contributed by atoms with van der Waals surface area (Å²) in [6.07, 6.45) is 0. The van der Waals surface area contributed by atoms with Crippen molar-refractivity contribution in [2.45, 2.75) is 13.8 Å². The van der Waals surface area contributed by atoms with E-state index in [-0.39, 0.29) is 0 Å². The van der Waals surface area contributed by atoms with Crippen LogP contribution in [0.2, 0.25) is 0 Å². The third kappa shape index (κ3) is 8.95. The molecule has 0 saturated carbocycles. The van der Waals surface area contributed by atoms with Crippen molar-refractivity contribution in [3.8, 4) is 11.1 Å². The Balaban J connectivity index is 0.000000168. The van der Waals surface area contributed by atoms with Gasteiger partial charge in [-0.05, 0) is 65.2 Å². The van der Waals surface area contributed by atoms with Crippen LogP contribution in [0.3, 0.4) is 0 Å². The molecule has 4 rings (SSSR count). The quantitative estimate of drug-likeness (QED) is 0.273. The van der Waals surface area contributed by atoms with Crippen LogP contribution < -0.4 is 5.46 Å². The van der Waals surface area contributed by atoms with Gasteiger partial charge in [-0.1, -0.05) is 108 Å². The molecule has 0 aromatic heterocycles. The van der Waals surface area contributed by atoms with E-state index in [9.17, 15) is 0 Å². The lowest BCUT2D eigenvalue weighted by Crippen LogP contribution is -2.29. The molecule has 0 aliphatic carbocycles. The Morgan fingerprint density at radius 1 is 0.533 bits per heavy atom. The van der Waals surface area contributed by atoms with Crippen LogP contribution in [0.15, 0.2) is 109 Å². The van der Waals surface area contributed by atoms with E-state index >= 15 is 0 Å². The fourth-order valence-corrected chi connectivity index (χ4v) is 2.95. The lowest BCUT2D eigenvalue weighted by Gasteiger charge is -2.00. The van der Waals surface area contributed by atoms with Crippen molar-refractivity contribution in [1.29, 1.82) is 0 Å². The minimum atomic E-state index is -1.35. The summed E-state index contributed by atoms with van der Waals surface area (Å²) in [6, 6.07) is 36.3. The monoisotopic (exact) mass is 508 g/mol. The van der Waals surface area contributed by atoms with Crippen molar-refractivity contribution >= 4 is 35.2 Å². The van der Waals surface area contributed by atoms with Crippen LogP contribution in [-0.4, -0.2) is 17.2 Å². The van der Waals surface area contributed by atoms with E-state index in [1.165, 1.54) is 20.3 Å². The van der Waals surface area contributed by atoms with Crippen molar-refractivity contribution in [1.82, 2.24) is 0 Å². The molecule has 0 saturated heterocycles. The zero-order valence-corrected chi connectivity index (χ0v) is 19.4. The van der Waals surface area contributed by atoms with Crippen LogP contribution in [0.4, 0.5) is 0 Å². The first-order chi connectivity index (χ1) is 14.5. The third-order valence-corrected chi connectivity index (χ3v) is 4.99. The van der Waals surface area contributed by atoms with Gasteiger partial charge in [0.1, 0.15) is 0 Å². The van der Waals surface area contributed by atoms with Crippen LogP contribution in [0.25, 0.3) is 11.1 Å². The van der Waals surface area contributed by atoms with E-state index in [0.29, 0.717) is 5.46 Å². The highest BCUT2D eigenvalue weighted by Gasteiger charge is 2.08. The van der Waals surface area contributed by atoms with Gasteiger partial charge in [0.2, 0.25) is 0 Å². The summed E-state index contributed by atoms with van der Waals surface area (Å²) in [7, 11) is -1.35. The molecule has 0 bridgehead atoms. The van der Waals surface area contributed by atoms with E-state index in [4.69, 9.17) is 10.0 Å². The number of hydrogen-bond acceptors (Lipinski definition) is 2. The molecule has 0 spiro atoms. The zero-order valence-electron chi connectivity index (χ0n) is 17.2. The Hall–Kier alpha value is -2.41. The maximum Gasteiger partial charge on any atom is 0.488 e. The lowest BCUT2D eigenvalue weighted by molar-refractivity contribution is 0.426. The molecule has 0 aliphatic rings. The summed E-state index contributed by atoms with van der Waals surface area (Å²) < 4.78 is 1.29. The lowest BCUT2D eigenvalue weighted by atomic mass is 9.80. The van der Waals surface area contributed by atoms with E-state index in [2.05, 4.69) is 90.2 Å². The largest absolute Gasteiger partial charge is 0.488 e. The van der Waals surface area contributed by atoms with Gasteiger partial charge in [0.05, 0.1) is 0 Å². The van der Waals surface area contributed by atoms with Crippen LogP contribution in [0.1, 0.15) is 11.1 Å². The highest BCUT2D eigenvalue weighted by molar-refractivity contribution is 14.1. The van der Waals surface area contributed by atoms with Crippen LogP contribution in [-0.2, 0) is 0 Å². The van der Waals surface area contributed by atoms with Crippen molar-refractivity contribution in [3.05, 3.63) is 124 Å². The minimum absolute atomic E-state index is 0.533. The molecule has 2 nitrogen and oxygen atoms in total. The second-order valence-electron chi connectivity index (χ2n) is 6.81. The van der Waals surface area contributed by atoms with Crippen LogP contribution in [0, 0.1) is 17.4 Å². The van der Waals surface area contributed by atoms with Gasteiger partial charge in [0.15, 0.2) is 0 Å². The Bertz CT molecular complexity index is 971. The predicted octanol–water partition coefficient (Wildman–Crippen LogP) is 5.63. The highest BCUT2D eigenvalue weighted by atomic mass is 127. The van der Waals surface area contributed by atoms with Crippen molar-refractivity contribution in [2.75, 3.05) is 0 Å². The molecule has 2 N–H and O–H groups in total. The second kappa shape index (κ2) is 13.0. The van der Waals surface area contributed by atoms with Crippen molar-refractivity contribution in [2.24, 2.45) is 0 Å². The minimum Gasteiger partial charge on any atom is -0.423 e. The first-order valence-electron chi connectivity index (χ1n) is 9.71. The van der Waals surface area contributed by atoms with E-state index < -0.39 is 7.12 Å². The van der Waals surface area contributed by atoms with Gasteiger partial charge >= 0.3 is 7.12 Å². The summed E-state index contributed by atoms with van der Waals surface area (Å²) in [6.45, 7) is 4.06. The first kappa shape index (κ1) is 23.9. The summed E-state index contributed by atoms with van der Waals surface area (Å²) >= 11 is 2.28. The maximum absolute atomic E-state index is 8.67. The maximum atomic E-state index is 8.67. The fraction of sp³-hybridized carbons (Fsp3) is 0.0769. The Morgan fingerprint density at radius 3 is 1.33 bits per heavy atom. The van der Waals surface area contributed by atoms with Gasteiger partial charge in [-0.3, -0.25) is 0 Å². The van der Waals surface area contributed by atoms with E-state index in [1.54, 1.807) is 12.1 Å². The van der Waals surface area contributed by atoms with Gasteiger partial charge in [0, 0.05) is 3.57 Å². The standard InChI is InChI=1S/C13H12.C7H9BO2.C6H5I/c1-11-7-9-13(10-8-11)12-5-3-2-4-6-12;1-6-2-4-7(5-3-6)8(9)10;7-6-4-2-1-3-5-6/h2-10H,1H3;2-5,9-10H,1H3;1-5H. The van der Waals surface area contributed by atoms with Gasteiger partial charge in [-0.2, -0.15) is 0 Å². The predicted molar refractivity (Wildman–Crippen MR) is 137 cm³/mol. The Labute approximate surface area is 193 Å². The van der Waals surface area contributed by atoms with Gasteiger partial charge in [-0.25, -0.2) is 0 Å². The molecule has 4 heteroatoms. The Morgan fingerprint density at radius 2 is 0.933 bits per heavy atom. The van der Waals surface area contributed by atoms with Crippen LogP contribution in [0.5, 0.6) is 0 Å². The average molecular weight is 508 g/mol. The SMILES string of the molecule is Cc1ccc(-c2ccccc2)cc1.Cc1ccc(B(O)O)cc1.Ic1ccccc1. The second-order valence-corrected chi connectivity index (χ2v) is 8.06. The summed E-state index contributed by atoms with van der Waals surface area (Å²) in [5.74, 6) is 0. The molecule has 4 aromatic rings. The smallest absolute Gasteiger partial charge is 0.423 e. The summed E-state index contributed by atoms with van der Waals surface area (Å²) in [4.78, 5) is 0. The number of halogens is 1. The van der Waals surface area contributed by atoms with E-state index in [1.807, 2.05) is 43.3 Å². The average Bonchev–Trinajstić information content (AvgIpc) is 2.77. The fourth-order valence-electron chi connectivity index (χ4n) is 2.53. The number of benzene rings is 4. The van der Waals surface area contributed by atoms with E-state index in [0.717, 1.165) is 5.56 Å². The zero-order chi connectivity index (χ0) is 21.8. The number of hydrogen-bond donors (Lipinski definition) is 2. The molecule has 30 heavy (non-hydrogen) atoms. The molecule has 152 valence electrons. The molecular weight excluding hydrogens is 482 g/mol. The van der Waals surface area contributed by atoms with Gasteiger partial charge < -0.3 is 10.0 Å².